The fourth-order valence-electron chi connectivity index (χ4n) is 2.38. The van der Waals surface area contributed by atoms with Crippen molar-refractivity contribution in [1.82, 2.24) is 0 Å². The number of amides is 1. The van der Waals surface area contributed by atoms with Gasteiger partial charge in [-0.3, -0.25) is 4.79 Å². The van der Waals surface area contributed by atoms with Crippen molar-refractivity contribution in [1.29, 1.82) is 0 Å². The summed E-state index contributed by atoms with van der Waals surface area (Å²) in [5, 5.41) is 2.87. The summed E-state index contributed by atoms with van der Waals surface area (Å²) in [5.41, 5.74) is 1.79. The molecular formula is C20H25NO3. The van der Waals surface area contributed by atoms with Crippen molar-refractivity contribution in [2.45, 2.75) is 39.7 Å². The lowest BCUT2D eigenvalue weighted by atomic mass is 10.0. The molecule has 0 aliphatic heterocycles. The van der Waals surface area contributed by atoms with Gasteiger partial charge in [-0.25, -0.2) is 0 Å². The number of nitrogens with one attached hydrogen (secondary N) is 1. The molecule has 1 atom stereocenters. The zero-order valence-corrected chi connectivity index (χ0v) is 14.7. The highest BCUT2D eigenvalue weighted by Gasteiger charge is 2.17. The van der Waals surface area contributed by atoms with Gasteiger partial charge in [-0.05, 0) is 43.5 Å². The summed E-state index contributed by atoms with van der Waals surface area (Å²) in [6.45, 7) is 8.47. The Morgan fingerprint density at radius 1 is 1.08 bits per heavy atom. The fraction of sp³-hybridized carbons (Fsp3) is 0.350. The monoisotopic (exact) mass is 327 g/mol. The predicted octanol–water partition coefficient (Wildman–Crippen LogP) is 4.61. The lowest BCUT2D eigenvalue weighted by Crippen LogP contribution is -2.30. The van der Waals surface area contributed by atoms with E-state index in [0.29, 0.717) is 18.2 Å². The maximum atomic E-state index is 12.4. The Labute approximate surface area is 143 Å². The van der Waals surface area contributed by atoms with E-state index in [4.69, 9.17) is 9.47 Å². The molecule has 4 nitrogen and oxygen atoms in total. The molecule has 0 heterocycles. The Balaban J connectivity index is 2.04. The van der Waals surface area contributed by atoms with E-state index in [1.807, 2.05) is 49.4 Å². The molecule has 0 radical (unpaired) electrons. The summed E-state index contributed by atoms with van der Waals surface area (Å²) in [7, 11) is 0. The summed E-state index contributed by atoms with van der Waals surface area (Å²) in [5.74, 6) is 1.62. The summed E-state index contributed by atoms with van der Waals surface area (Å²) in [4.78, 5) is 12.4. The molecule has 1 N–H and O–H groups in total. The van der Waals surface area contributed by atoms with Crippen LogP contribution in [0.5, 0.6) is 11.5 Å². The van der Waals surface area contributed by atoms with Crippen LogP contribution in [-0.2, 0) is 4.79 Å². The molecule has 0 saturated carbocycles. The van der Waals surface area contributed by atoms with Crippen molar-refractivity contribution in [3.05, 3.63) is 54.1 Å². The molecule has 0 aliphatic rings. The van der Waals surface area contributed by atoms with E-state index < -0.39 is 6.10 Å². The van der Waals surface area contributed by atoms with Crippen molar-refractivity contribution >= 4 is 11.6 Å². The number of rotatable bonds is 7. The smallest absolute Gasteiger partial charge is 0.265 e. The SMILES string of the molecule is CCOc1cccc(NC(=O)[C@@H](C)Oc2ccccc2C(C)C)c1. The molecule has 4 heteroatoms. The molecule has 2 aromatic rings. The molecule has 2 rings (SSSR count). The van der Waals surface area contributed by atoms with Crippen molar-refractivity contribution < 1.29 is 14.3 Å². The molecular weight excluding hydrogens is 302 g/mol. The van der Waals surface area contributed by atoms with Crippen LogP contribution in [-0.4, -0.2) is 18.6 Å². The topological polar surface area (TPSA) is 47.6 Å². The second kappa shape index (κ2) is 8.39. The summed E-state index contributed by atoms with van der Waals surface area (Å²) < 4.78 is 11.3. The van der Waals surface area contributed by atoms with Gasteiger partial charge in [0, 0.05) is 11.8 Å². The average molecular weight is 327 g/mol. The maximum absolute atomic E-state index is 12.4. The fourth-order valence-corrected chi connectivity index (χ4v) is 2.38. The highest BCUT2D eigenvalue weighted by atomic mass is 16.5. The third kappa shape index (κ3) is 4.75. The van der Waals surface area contributed by atoms with Gasteiger partial charge in [0.2, 0.25) is 0 Å². The molecule has 0 fully saturated rings. The number of ether oxygens (including phenoxy) is 2. The van der Waals surface area contributed by atoms with E-state index in [1.54, 1.807) is 13.0 Å². The van der Waals surface area contributed by atoms with Crippen LogP contribution in [0.4, 0.5) is 5.69 Å². The van der Waals surface area contributed by atoms with Gasteiger partial charge in [0.1, 0.15) is 11.5 Å². The highest BCUT2D eigenvalue weighted by Crippen LogP contribution is 2.27. The lowest BCUT2D eigenvalue weighted by Gasteiger charge is -2.19. The van der Waals surface area contributed by atoms with E-state index in [9.17, 15) is 4.79 Å². The third-order valence-electron chi connectivity index (χ3n) is 3.63. The van der Waals surface area contributed by atoms with Gasteiger partial charge in [-0.15, -0.1) is 0 Å². The molecule has 0 aliphatic carbocycles. The number of hydrogen-bond donors (Lipinski definition) is 1. The van der Waals surface area contributed by atoms with Gasteiger partial charge in [-0.1, -0.05) is 38.1 Å². The van der Waals surface area contributed by atoms with E-state index in [-0.39, 0.29) is 5.91 Å². The third-order valence-corrected chi connectivity index (χ3v) is 3.63. The van der Waals surface area contributed by atoms with Crippen LogP contribution < -0.4 is 14.8 Å². The van der Waals surface area contributed by atoms with Gasteiger partial charge < -0.3 is 14.8 Å². The Morgan fingerprint density at radius 3 is 2.54 bits per heavy atom. The Kier molecular flexibility index (Phi) is 6.24. The zero-order valence-electron chi connectivity index (χ0n) is 14.7. The number of carbonyl (C=O) groups excluding carboxylic acids is 1. The molecule has 0 bridgehead atoms. The van der Waals surface area contributed by atoms with Crippen molar-refractivity contribution in [3.8, 4) is 11.5 Å². The zero-order chi connectivity index (χ0) is 17.5. The van der Waals surface area contributed by atoms with Crippen molar-refractivity contribution in [2.75, 3.05) is 11.9 Å². The molecule has 0 aromatic heterocycles. The van der Waals surface area contributed by atoms with Gasteiger partial charge >= 0.3 is 0 Å². The van der Waals surface area contributed by atoms with Crippen LogP contribution in [0.1, 0.15) is 39.2 Å². The first-order valence-corrected chi connectivity index (χ1v) is 8.30. The minimum Gasteiger partial charge on any atom is -0.494 e. The van der Waals surface area contributed by atoms with Crippen LogP contribution in [0.3, 0.4) is 0 Å². The second-order valence-electron chi connectivity index (χ2n) is 5.90. The van der Waals surface area contributed by atoms with Gasteiger partial charge in [0.25, 0.3) is 5.91 Å². The van der Waals surface area contributed by atoms with Crippen molar-refractivity contribution in [3.63, 3.8) is 0 Å². The first-order valence-electron chi connectivity index (χ1n) is 8.30. The molecule has 0 saturated heterocycles. The average Bonchev–Trinajstić information content (AvgIpc) is 2.55. The second-order valence-corrected chi connectivity index (χ2v) is 5.90. The van der Waals surface area contributed by atoms with E-state index in [1.165, 1.54) is 0 Å². The van der Waals surface area contributed by atoms with E-state index in [0.717, 1.165) is 17.1 Å². The number of para-hydroxylation sites is 1. The number of hydrogen-bond acceptors (Lipinski definition) is 3. The number of carbonyl (C=O) groups is 1. The quantitative estimate of drug-likeness (QED) is 0.807. The summed E-state index contributed by atoms with van der Waals surface area (Å²) in [6.07, 6.45) is -0.597. The first kappa shape index (κ1) is 17.9. The highest BCUT2D eigenvalue weighted by molar-refractivity contribution is 5.94. The Hall–Kier alpha value is -2.49. The Bertz CT molecular complexity index is 682. The normalized spacial score (nSPS) is 11.9. The predicted molar refractivity (Wildman–Crippen MR) is 96.9 cm³/mol. The van der Waals surface area contributed by atoms with Gasteiger partial charge in [0.15, 0.2) is 6.10 Å². The summed E-state index contributed by atoms with van der Waals surface area (Å²) in [6, 6.07) is 15.2. The van der Waals surface area contributed by atoms with Gasteiger partial charge in [0.05, 0.1) is 6.61 Å². The Morgan fingerprint density at radius 2 is 1.83 bits per heavy atom. The minimum atomic E-state index is -0.597. The molecule has 0 unspecified atom stereocenters. The molecule has 128 valence electrons. The van der Waals surface area contributed by atoms with E-state index >= 15 is 0 Å². The number of benzene rings is 2. The van der Waals surface area contributed by atoms with Crippen LogP contribution in [0.15, 0.2) is 48.5 Å². The largest absolute Gasteiger partial charge is 0.494 e. The molecule has 24 heavy (non-hydrogen) atoms. The van der Waals surface area contributed by atoms with Crippen LogP contribution >= 0.6 is 0 Å². The minimum absolute atomic E-state index is 0.192. The first-order chi connectivity index (χ1) is 11.5. The van der Waals surface area contributed by atoms with Gasteiger partial charge in [-0.2, -0.15) is 0 Å². The van der Waals surface area contributed by atoms with Crippen LogP contribution in [0.2, 0.25) is 0 Å². The van der Waals surface area contributed by atoms with E-state index in [2.05, 4.69) is 19.2 Å². The summed E-state index contributed by atoms with van der Waals surface area (Å²) >= 11 is 0. The van der Waals surface area contributed by atoms with Crippen LogP contribution in [0, 0.1) is 0 Å². The molecule has 1 amide bonds. The number of anilines is 1. The lowest BCUT2D eigenvalue weighted by molar-refractivity contribution is -0.122. The maximum Gasteiger partial charge on any atom is 0.265 e. The molecule has 0 spiro atoms. The molecule has 2 aromatic carbocycles. The standard InChI is InChI=1S/C20H25NO3/c1-5-23-17-10-8-9-16(13-17)21-20(22)15(4)24-19-12-7-6-11-18(19)14(2)3/h6-15H,5H2,1-4H3,(H,21,22)/t15-/m1/s1. The van der Waals surface area contributed by atoms with Crippen LogP contribution in [0.25, 0.3) is 0 Å². The van der Waals surface area contributed by atoms with Crippen molar-refractivity contribution in [2.24, 2.45) is 0 Å².